The quantitative estimate of drug-likeness (QED) is 0.642. The van der Waals surface area contributed by atoms with Crippen LogP contribution in [0.2, 0.25) is 0 Å². The predicted octanol–water partition coefficient (Wildman–Crippen LogP) is 2.12. The van der Waals surface area contributed by atoms with E-state index >= 15 is 0 Å². The molecule has 70 valence electrons. The van der Waals surface area contributed by atoms with E-state index in [1.54, 1.807) is 5.56 Å². The molecule has 0 saturated carbocycles. The van der Waals surface area contributed by atoms with Crippen molar-refractivity contribution < 1.29 is 0 Å². The van der Waals surface area contributed by atoms with Gasteiger partial charge in [0.1, 0.15) is 0 Å². The van der Waals surface area contributed by atoms with Crippen LogP contribution >= 0.6 is 0 Å². The van der Waals surface area contributed by atoms with Gasteiger partial charge in [0.15, 0.2) is 0 Å². The Morgan fingerprint density at radius 3 is 2.85 bits per heavy atom. The molecule has 1 atom stereocenters. The summed E-state index contributed by atoms with van der Waals surface area (Å²) in [6.45, 7) is 4.37. The highest BCUT2D eigenvalue weighted by molar-refractivity contribution is 5.40. The molecule has 1 heteroatoms. The maximum Gasteiger partial charge on any atom is 0.00825 e. The lowest BCUT2D eigenvalue weighted by molar-refractivity contribution is 0.574. The molecule has 1 aliphatic carbocycles. The zero-order valence-corrected chi connectivity index (χ0v) is 8.43. The fourth-order valence-electron chi connectivity index (χ4n) is 2.34. The van der Waals surface area contributed by atoms with Gasteiger partial charge in [-0.1, -0.05) is 17.7 Å². The Morgan fingerprint density at radius 1 is 1.31 bits per heavy atom. The molecule has 0 bridgehead atoms. The van der Waals surface area contributed by atoms with Crippen LogP contribution < -0.4 is 5.73 Å². The minimum atomic E-state index is 0.383. The number of nitrogens with two attached hydrogens (primary N) is 1. The summed E-state index contributed by atoms with van der Waals surface area (Å²) < 4.78 is 0. The molecule has 1 aliphatic rings. The third kappa shape index (κ3) is 1.61. The minimum absolute atomic E-state index is 0.383. The van der Waals surface area contributed by atoms with Crippen LogP contribution in [0.4, 0.5) is 0 Å². The summed E-state index contributed by atoms with van der Waals surface area (Å²) in [5.41, 5.74) is 11.8. The average Bonchev–Trinajstić information content (AvgIpc) is 2.02. The number of hydrogen-bond donors (Lipinski definition) is 1. The van der Waals surface area contributed by atoms with Crippen LogP contribution in [-0.4, -0.2) is 6.04 Å². The van der Waals surface area contributed by atoms with Gasteiger partial charge >= 0.3 is 0 Å². The van der Waals surface area contributed by atoms with Crippen molar-refractivity contribution in [2.45, 2.75) is 39.2 Å². The Kier molecular flexibility index (Phi) is 2.12. The highest BCUT2D eigenvalue weighted by atomic mass is 14.6. The fraction of sp³-hybridized carbons (Fsp3) is 0.500. The largest absolute Gasteiger partial charge is 0.327 e. The molecule has 2 rings (SSSR count). The summed E-state index contributed by atoms with van der Waals surface area (Å²) in [5, 5.41) is 0. The standard InChI is InChI=1S/C12H17N/c1-8-5-9(2)12-4-3-11(13)7-10(12)6-8/h5-6,11H,3-4,7,13H2,1-2H3/t11-/m1/s1. The van der Waals surface area contributed by atoms with E-state index in [1.165, 1.54) is 23.1 Å². The van der Waals surface area contributed by atoms with Crippen molar-refractivity contribution in [1.29, 1.82) is 0 Å². The van der Waals surface area contributed by atoms with Crippen molar-refractivity contribution >= 4 is 0 Å². The SMILES string of the molecule is Cc1cc(C)c2c(c1)C[C@H](N)CC2. The predicted molar refractivity (Wildman–Crippen MR) is 55.9 cm³/mol. The summed E-state index contributed by atoms with van der Waals surface area (Å²) in [6, 6.07) is 4.95. The van der Waals surface area contributed by atoms with E-state index in [-0.39, 0.29) is 0 Å². The Balaban J connectivity index is 2.47. The number of fused-ring (bicyclic) bond motifs is 1. The van der Waals surface area contributed by atoms with Crippen LogP contribution in [0.15, 0.2) is 12.1 Å². The first-order valence-electron chi connectivity index (χ1n) is 5.01. The van der Waals surface area contributed by atoms with Gasteiger partial charge in [-0.25, -0.2) is 0 Å². The van der Waals surface area contributed by atoms with Gasteiger partial charge in [-0.05, 0) is 49.8 Å². The van der Waals surface area contributed by atoms with Crippen molar-refractivity contribution in [1.82, 2.24) is 0 Å². The van der Waals surface area contributed by atoms with Gasteiger partial charge in [-0.15, -0.1) is 0 Å². The molecule has 0 heterocycles. The van der Waals surface area contributed by atoms with Crippen LogP contribution in [0.5, 0.6) is 0 Å². The monoisotopic (exact) mass is 175 g/mol. The van der Waals surface area contributed by atoms with Crippen molar-refractivity contribution in [3.05, 3.63) is 34.4 Å². The lowest BCUT2D eigenvalue weighted by Gasteiger charge is -2.23. The Bertz CT molecular complexity index is 328. The molecule has 0 radical (unpaired) electrons. The van der Waals surface area contributed by atoms with E-state index in [9.17, 15) is 0 Å². The second-order valence-corrected chi connectivity index (χ2v) is 4.22. The van der Waals surface area contributed by atoms with E-state index < -0.39 is 0 Å². The van der Waals surface area contributed by atoms with E-state index in [0.717, 1.165) is 12.8 Å². The van der Waals surface area contributed by atoms with E-state index in [4.69, 9.17) is 5.73 Å². The first-order valence-corrected chi connectivity index (χ1v) is 5.01. The van der Waals surface area contributed by atoms with Gasteiger partial charge in [-0.2, -0.15) is 0 Å². The molecule has 1 aromatic carbocycles. The molecule has 13 heavy (non-hydrogen) atoms. The van der Waals surface area contributed by atoms with Gasteiger partial charge < -0.3 is 5.73 Å². The van der Waals surface area contributed by atoms with Crippen LogP contribution in [0.3, 0.4) is 0 Å². The summed E-state index contributed by atoms with van der Waals surface area (Å²) in [7, 11) is 0. The third-order valence-corrected chi connectivity index (χ3v) is 2.96. The number of benzene rings is 1. The first kappa shape index (κ1) is 8.76. The second-order valence-electron chi connectivity index (χ2n) is 4.22. The molecular formula is C12H17N. The first-order chi connectivity index (χ1) is 6.16. The maximum atomic E-state index is 5.95. The Morgan fingerprint density at radius 2 is 2.08 bits per heavy atom. The number of rotatable bonds is 0. The summed E-state index contributed by atoms with van der Waals surface area (Å²) in [6.07, 6.45) is 3.39. The zero-order valence-electron chi connectivity index (χ0n) is 8.43. The highest BCUT2D eigenvalue weighted by Crippen LogP contribution is 2.24. The van der Waals surface area contributed by atoms with E-state index in [1.807, 2.05) is 0 Å². The topological polar surface area (TPSA) is 26.0 Å². The van der Waals surface area contributed by atoms with Gasteiger partial charge in [-0.3, -0.25) is 0 Å². The molecular weight excluding hydrogens is 158 g/mol. The Hall–Kier alpha value is -0.820. The van der Waals surface area contributed by atoms with Gasteiger partial charge in [0.25, 0.3) is 0 Å². The van der Waals surface area contributed by atoms with Crippen LogP contribution in [-0.2, 0) is 12.8 Å². The normalized spacial score (nSPS) is 21.3. The number of aryl methyl sites for hydroxylation is 2. The molecule has 1 nitrogen and oxygen atoms in total. The van der Waals surface area contributed by atoms with Crippen LogP contribution in [0, 0.1) is 13.8 Å². The molecule has 0 aliphatic heterocycles. The van der Waals surface area contributed by atoms with Crippen molar-refractivity contribution in [2.75, 3.05) is 0 Å². The minimum Gasteiger partial charge on any atom is -0.327 e. The maximum absolute atomic E-state index is 5.95. The number of hydrogen-bond acceptors (Lipinski definition) is 1. The van der Waals surface area contributed by atoms with Crippen molar-refractivity contribution in [2.24, 2.45) is 5.73 Å². The molecule has 0 spiro atoms. The molecule has 0 unspecified atom stereocenters. The smallest absolute Gasteiger partial charge is 0.00825 e. The highest BCUT2D eigenvalue weighted by Gasteiger charge is 2.16. The zero-order chi connectivity index (χ0) is 9.42. The lowest BCUT2D eigenvalue weighted by atomic mass is 9.85. The molecule has 1 aromatic rings. The lowest BCUT2D eigenvalue weighted by Crippen LogP contribution is -2.28. The molecule has 2 N–H and O–H groups in total. The van der Waals surface area contributed by atoms with Crippen molar-refractivity contribution in [3.63, 3.8) is 0 Å². The molecule has 0 amide bonds. The fourth-order valence-corrected chi connectivity index (χ4v) is 2.34. The van der Waals surface area contributed by atoms with Gasteiger partial charge in [0.05, 0.1) is 0 Å². The third-order valence-electron chi connectivity index (χ3n) is 2.96. The average molecular weight is 175 g/mol. The van der Waals surface area contributed by atoms with E-state index in [2.05, 4.69) is 26.0 Å². The Labute approximate surface area is 80.0 Å². The van der Waals surface area contributed by atoms with Gasteiger partial charge in [0, 0.05) is 6.04 Å². The van der Waals surface area contributed by atoms with Crippen molar-refractivity contribution in [3.8, 4) is 0 Å². The van der Waals surface area contributed by atoms with E-state index in [0.29, 0.717) is 6.04 Å². The summed E-state index contributed by atoms with van der Waals surface area (Å²) in [4.78, 5) is 0. The van der Waals surface area contributed by atoms with Gasteiger partial charge in [0.2, 0.25) is 0 Å². The summed E-state index contributed by atoms with van der Waals surface area (Å²) in [5.74, 6) is 0. The molecule has 0 fully saturated rings. The summed E-state index contributed by atoms with van der Waals surface area (Å²) >= 11 is 0. The molecule has 0 aromatic heterocycles. The van der Waals surface area contributed by atoms with Crippen LogP contribution in [0.25, 0.3) is 0 Å². The molecule has 0 saturated heterocycles. The second kappa shape index (κ2) is 3.15. The van der Waals surface area contributed by atoms with Crippen LogP contribution in [0.1, 0.15) is 28.7 Å².